The third-order valence-electron chi connectivity index (χ3n) is 5.46. The van der Waals surface area contributed by atoms with Gasteiger partial charge in [-0.05, 0) is 36.5 Å². The number of amides is 3. The van der Waals surface area contributed by atoms with Crippen molar-refractivity contribution < 1.29 is 14.3 Å². The monoisotopic (exact) mass is 356 g/mol. The fourth-order valence-corrected chi connectivity index (χ4v) is 4.09. The van der Waals surface area contributed by atoms with E-state index in [2.05, 4.69) is 15.6 Å². The third kappa shape index (κ3) is 3.09. The number of hydrogen-bond acceptors (Lipinski definition) is 3. The van der Waals surface area contributed by atoms with Crippen molar-refractivity contribution in [2.45, 2.75) is 25.3 Å². The van der Waals surface area contributed by atoms with Crippen molar-refractivity contribution in [3.63, 3.8) is 0 Å². The number of carbonyl (C=O) groups excluding carboxylic acids is 2. The minimum Gasteiger partial charge on any atom is -0.496 e. The van der Waals surface area contributed by atoms with Crippen molar-refractivity contribution in [1.82, 2.24) is 20.5 Å². The van der Waals surface area contributed by atoms with Crippen LogP contribution in [0.3, 0.4) is 0 Å². The minimum absolute atomic E-state index is 0.0551. The molecule has 26 heavy (non-hydrogen) atoms. The molecule has 1 aromatic heterocycles. The number of urea groups is 1. The number of benzene rings is 1. The highest BCUT2D eigenvalue weighted by Gasteiger charge is 2.38. The number of hydrogen-bond donors (Lipinski definition) is 3. The van der Waals surface area contributed by atoms with E-state index in [1.54, 1.807) is 7.11 Å². The molecule has 2 aromatic rings. The van der Waals surface area contributed by atoms with Crippen LogP contribution in [0.25, 0.3) is 10.9 Å². The van der Waals surface area contributed by atoms with Gasteiger partial charge in [-0.25, -0.2) is 4.79 Å². The highest BCUT2D eigenvalue weighted by Crippen LogP contribution is 2.29. The van der Waals surface area contributed by atoms with Gasteiger partial charge in [0.05, 0.1) is 13.2 Å². The van der Waals surface area contributed by atoms with E-state index in [4.69, 9.17) is 4.74 Å². The van der Waals surface area contributed by atoms with E-state index >= 15 is 0 Å². The minimum atomic E-state index is -0.0551. The molecule has 0 spiro atoms. The molecule has 2 fully saturated rings. The van der Waals surface area contributed by atoms with Crippen LogP contribution < -0.4 is 15.4 Å². The van der Waals surface area contributed by atoms with Gasteiger partial charge in [0.1, 0.15) is 5.75 Å². The van der Waals surface area contributed by atoms with Crippen molar-refractivity contribution in [3.05, 3.63) is 30.0 Å². The largest absolute Gasteiger partial charge is 0.496 e. The Hall–Kier alpha value is -2.70. The Morgan fingerprint density at radius 2 is 2.27 bits per heavy atom. The van der Waals surface area contributed by atoms with Gasteiger partial charge in [0.15, 0.2) is 0 Å². The lowest BCUT2D eigenvalue weighted by Gasteiger charge is -2.24. The second-order valence-electron chi connectivity index (χ2n) is 7.06. The van der Waals surface area contributed by atoms with E-state index in [9.17, 15) is 9.59 Å². The van der Waals surface area contributed by atoms with E-state index in [0.717, 1.165) is 41.6 Å². The van der Waals surface area contributed by atoms with Crippen LogP contribution in [-0.4, -0.2) is 54.6 Å². The van der Waals surface area contributed by atoms with Gasteiger partial charge in [-0.1, -0.05) is 6.07 Å². The topological polar surface area (TPSA) is 86.5 Å². The molecule has 0 radical (unpaired) electrons. The van der Waals surface area contributed by atoms with Crippen LogP contribution in [0.15, 0.2) is 24.4 Å². The van der Waals surface area contributed by atoms with Gasteiger partial charge in [0.2, 0.25) is 5.91 Å². The SMILES string of the molecule is COc1cccc2[nH]cc(CCNC(=O)N3CC4CCC(=O)NC4C3)c12. The smallest absolute Gasteiger partial charge is 0.317 e. The van der Waals surface area contributed by atoms with Gasteiger partial charge < -0.3 is 25.3 Å². The number of methoxy groups -OCH3 is 1. The number of aromatic nitrogens is 1. The summed E-state index contributed by atoms with van der Waals surface area (Å²) in [5, 5.41) is 7.07. The normalized spacial score (nSPS) is 22.2. The highest BCUT2D eigenvalue weighted by atomic mass is 16.5. The van der Waals surface area contributed by atoms with Crippen LogP contribution in [-0.2, 0) is 11.2 Å². The summed E-state index contributed by atoms with van der Waals surface area (Å²) in [5.41, 5.74) is 2.16. The first-order chi connectivity index (χ1) is 12.7. The predicted octanol–water partition coefficient (Wildman–Crippen LogP) is 1.64. The van der Waals surface area contributed by atoms with E-state index in [1.165, 1.54) is 0 Å². The summed E-state index contributed by atoms with van der Waals surface area (Å²) < 4.78 is 5.45. The first kappa shape index (κ1) is 16.8. The molecule has 1 aromatic carbocycles. The number of H-pyrrole nitrogens is 1. The number of aromatic amines is 1. The van der Waals surface area contributed by atoms with Gasteiger partial charge in [-0.3, -0.25) is 4.79 Å². The van der Waals surface area contributed by atoms with Crippen molar-refractivity contribution in [2.24, 2.45) is 5.92 Å². The standard InChI is InChI=1S/C19H24N4O3/c1-26-16-4-2-3-14-18(16)12(9-21-14)7-8-20-19(25)23-10-13-5-6-17(24)22-15(13)11-23/h2-4,9,13,15,21H,5-8,10-11H2,1H3,(H,20,25)(H,22,24). The first-order valence-electron chi connectivity index (χ1n) is 9.11. The maximum atomic E-state index is 12.5. The average Bonchev–Trinajstić information content (AvgIpc) is 3.25. The molecule has 3 heterocycles. The number of carbonyl (C=O) groups is 2. The molecule has 7 nitrogen and oxygen atoms in total. The van der Waals surface area contributed by atoms with Gasteiger partial charge in [-0.15, -0.1) is 0 Å². The van der Waals surface area contributed by atoms with Crippen LogP contribution in [0, 0.1) is 5.92 Å². The van der Waals surface area contributed by atoms with Crippen LogP contribution in [0.1, 0.15) is 18.4 Å². The molecule has 2 saturated heterocycles. The molecule has 4 rings (SSSR count). The fraction of sp³-hybridized carbons (Fsp3) is 0.474. The summed E-state index contributed by atoms with van der Waals surface area (Å²) in [6.07, 6.45) is 4.14. The molecule has 7 heteroatoms. The second-order valence-corrected chi connectivity index (χ2v) is 7.06. The molecule has 3 N–H and O–H groups in total. The lowest BCUT2D eigenvalue weighted by Crippen LogP contribution is -2.45. The Balaban J connectivity index is 1.34. The Morgan fingerprint density at radius 3 is 3.12 bits per heavy atom. The Bertz CT molecular complexity index is 831. The summed E-state index contributed by atoms with van der Waals surface area (Å²) in [6.45, 7) is 1.88. The summed E-state index contributed by atoms with van der Waals surface area (Å²) >= 11 is 0. The van der Waals surface area contributed by atoms with E-state index < -0.39 is 0 Å². The zero-order valence-electron chi connectivity index (χ0n) is 14.9. The van der Waals surface area contributed by atoms with E-state index in [0.29, 0.717) is 25.4 Å². The molecule has 0 aliphatic carbocycles. The molecule has 2 aliphatic heterocycles. The zero-order valence-corrected chi connectivity index (χ0v) is 14.9. The van der Waals surface area contributed by atoms with Gasteiger partial charge in [0.25, 0.3) is 0 Å². The van der Waals surface area contributed by atoms with Crippen molar-refractivity contribution in [2.75, 3.05) is 26.7 Å². The quantitative estimate of drug-likeness (QED) is 0.778. The molecule has 2 atom stereocenters. The van der Waals surface area contributed by atoms with E-state index in [-0.39, 0.29) is 18.0 Å². The number of fused-ring (bicyclic) bond motifs is 2. The lowest BCUT2D eigenvalue weighted by atomic mass is 9.94. The van der Waals surface area contributed by atoms with Crippen LogP contribution >= 0.6 is 0 Å². The van der Waals surface area contributed by atoms with Crippen LogP contribution in [0.4, 0.5) is 4.79 Å². The molecule has 0 saturated carbocycles. The molecule has 2 aliphatic rings. The number of likely N-dealkylation sites (tertiary alicyclic amines) is 1. The van der Waals surface area contributed by atoms with Crippen molar-refractivity contribution >= 4 is 22.8 Å². The van der Waals surface area contributed by atoms with Crippen LogP contribution in [0.2, 0.25) is 0 Å². The zero-order chi connectivity index (χ0) is 18.1. The average molecular weight is 356 g/mol. The Kier molecular flexibility index (Phi) is 4.44. The van der Waals surface area contributed by atoms with Crippen molar-refractivity contribution in [3.8, 4) is 5.75 Å². The van der Waals surface area contributed by atoms with Gasteiger partial charge in [-0.2, -0.15) is 0 Å². The third-order valence-corrected chi connectivity index (χ3v) is 5.46. The summed E-state index contributed by atoms with van der Waals surface area (Å²) in [7, 11) is 1.67. The molecule has 3 amide bonds. The number of rotatable bonds is 4. The van der Waals surface area contributed by atoms with Gasteiger partial charge >= 0.3 is 6.03 Å². The maximum Gasteiger partial charge on any atom is 0.317 e. The second kappa shape index (κ2) is 6.90. The molecule has 0 bridgehead atoms. The lowest BCUT2D eigenvalue weighted by molar-refractivity contribution is -0.123. The molecule has 2 unspecified atom stereocenters. The summed E-state index contributed by atoms with van der Waals surface area (Å²) in [4.78, 5) is 29.0. The van der Waals surface area contributed by atoms with E-state index in [1.807, 2.05) is 29.3 Å². The predicted molar refractivity (Wildman–Crippen MR) is 98.2 cm³/mol. The summed E-state index contributed by atoms with van der Waals surface area (Å²) in [6, 6.07) is 5.97. The number of ether oxygens (including phenoxy) is 1. The maximum absolute atomic E-state index is 12.5. The number of piperidine rings is 1. The van der Waals surface area contributed by atoms with Gasteiger partial charge in [0, 0.05) is 43.2 Å². The first-order valence-corrected chi connectivity index (χ1v) is 9.11. The Morgan fingerprint density at radius 1 is 1.38 bits per heavy atom. The molecular weight excluding hydrogens is 332 g/mol. The molecular formula is C19H24N4O3. The summed E-state index contributed by atoms with van der Waals surface area (Å²) in [5.74, 6) is 1.32. The Labute approximate surface area is 152 Å². The van der Waals surface area contributed by atoms with Crippen LogP contribution in [0.5, 0.6) is 5.75 Å². The highest BCUT2D eigenvalue weighted by molar-refractivity contribution is 5.89. The number of nitrogens with one attached hydrogen (secondary N) is 3. The molecule has 138 valence electrons. The number of nitrogens with zero attached hydrogens (tertiary/aromatic N) is 1. The van der Waals surface area contributed by atoms with Crippen molar-refractivity contribution in [1.29, 1.82) is 0 Å². The fourth-order valence-electron chi connectivity index (χ4n) is 4.09.